The molecule has 2 heterocycles. The maximum Gasteiger partial charge on any atom is 0.225 e. The number of rotatable bonds is 7. The second-order valence-electron chi connectivity index (χ2n) is 8.49. The first-order valence-electron chi connectivity index (χ1n) is 11.2. The van der Waals surface area contributed by atoms with Crippen molar-refractivity contribution >= 4 is 35.8 Å². The normalized spacial score (nSPS) is 14.7. The van der Waals surface area contributed by atoms with E-state index in [-0.39, 0.29) is 41.8 Å². The minimum absolute atomic E-state index is 0. The number of ether oxygens (including phenoxy) is 1. The number of amides is 1. The van der Waals surface area contributed by atoms with Gasteiger partial charge in [-0.15, -0.1) is 34.2 Å². The van der Waals surface area contributed by atoms with Gasteiger partial charge in [-0.3, -0.25) is 4.79 Å². The zero-order valence-electron chi connectivity index (χ0n) is 20.2. The highest BCUT2D eigenvalue weighted by atomic mass is 127. The topological polar surface area (TPSA) is 96.7 Å². The predicted molar refractivity (Wildman–Crippen MR) is 140 cm³/mol. The maximum atomic E-state index is 12.3. The van der Waals surface area contributed by atoms with Crippen LogP contribution in [0.1, 0.15) is 43.9 Å². The molecule has 0 saturated carbocycles. The molecular formula is C23H36IN7O2. The van der Waals surface area contributed by atoms with Crippen molar-refractivity contribution in [2.45, 2.75) is 52.7 Å². The number of nitrogens with one attached hydrogen (secondary N) is 2. The molecular weight excluding hydrogens is 533 g/mol. The Balaban J connectivity index is 0.00000385. The van der Waals surface area contributed by atoms with E-state index in [9.17, 15) is 4.79 Å². The van der Waals surface area contributed by atoms with Gasteiger partial charge in [0.05, 0.1) is 20.2 Å². The van der Waals surface area contributed by atoms with Gasteiger partial charge >= 0.3 is 0 Å². The number of aryl methyl sites for hydroxylation is 1. The molecule has 1 amide bonds. The van der Waals surface area contributed by atoms with Crippen molar-refractivity contribution in [3.63, 3.8) is 0 Å². The Morgan fingerprint density at radius 3 is 2.42 bits per heavy atom. The summed E-state index contributed by atoms with van der Waals surface area (Å²) in [6.45, 7) is 8.44. The summed E-state index contributed by atoms with van der Waals surface area (Å²) in [4.78, 5) is 19.0. The van der Waals surface area contributed by atoms with Crippen LogP contribution in [0.2, 0.25) is 0 Å². The summed E-state index contributed by atoms with van der Waals surface area (Å²) in [5, 5.41) is 15.3. The van der Waals surface area contributed by atoms with Crippen molar-refractivity contribution in [3.05, 3.63) is 41.5 Å². The first-order chi connectivity index (χ1) is 15.4. The lowest BCUT2D eigenvalue weighted by Gasteiger charge is -2.34. The summed E-state index contributed by atoms with van der Waals surface area (Å²) >= 11 is 0. The van der Waals surface area contributed by atoms with Gasteiger partial charge in [0.2, 0.25) is 5.91 Å². The number of piperidine rings is 1. The SMILES string of the molecule is COc1ccc(CN=C(NCc2nnc(C)n2C)NC2CCN(C(=O)C(C)C)CC2)cc1.I. The average molecular weight is 569 g/mol. The Bertz CT molecular complexity index is 919. The Kier molecular flexibility index (Phi) is 10.4. The summed E-state index contributed by atoms with van der Waals surface area (Å²) in [5.74, 6) is 3.54. The van der Waals surface area contributed by atoms with E-state index >= 15 is 0 Å². The second-order valence-corrected chi connectivity index (χ2v) is 8.49. The van der Waals surface area contributed by atoms with Gasteiger partial charge in [-0.2, -0.15) is 0 Å². The van der Waals surface area contributed by atoms with E-state index < -0.39 is 0 Å². The smallest absolute Gasteiger partial charge is 0.225 e. The molecule has 0 aliphatic carbocycles. The lowest BCUT2D eigenvalue weighted by atomic mass is 10.0. The van der Waals surface area contributed by atoms with Crippen LogP contribution in [0, 0.1) is 12.8 Å². The number of aliphatic imine (C=N–C) groups is 1. The third kappa shape index (κ3) is 7.58. The van der Waals surface area contributed by atoms with E-state index in [1.165, 1.54) is 0 Å². The summed E-state index contributed by atoms with van der Waals surface area (Å²) in [7, 11) is 3.61. The van der Waals surface area contributed by atoms with E-state index in [2.05, 4.69) is 20.8 Å². The van der Waals surface area contributed by atoms with Gasteiger partial charge in [-0.25, -0.2) is 4.99 Å². The number of nitrogens with zero attached hydrogens (tertiary/aromatic N) is 5. The van der Waals surface area contributed by atoms with Crippen LogP contribution < -0.4 is 15.4 Å². The summed E-state index contributed by atoms with van der Waals surface area (Å²) < 4.78 is 7.19. The van der Waals surface area contributed by atoms with Crippen LogP contribution in [0.5, 0.6) is 5.75 Å². The van der Waals surface area contributed by atoms with Crippen LogP contribution >= 0.6 is 24.0 Å². The van der Waals surface area contributed by atoms with Crippen molar-refractivity contribution in [3.8, 4) is 5.75 Å². The molecule has 2 aromatic rings. The molecule has 1 saturated heterocycles. The quantitative estimate of drug-likeness (QED) is 0.303. The lowest BCUT2D eigenvalue weighted by molar-refractivity contribution is -0.135. The summed E-state index contributed by atoms with van der Waals surface area (Å²) in [6.07, 6.45) is 1.79. The highest BCUT2D eigenvalue weighted by molar-refractivity contribution is 14.0. The van der Waals surface area contributed by atoms with Crippen molar-refractivity contribution in [1.29, 1.82) is 0 Å². The molecule has 0 bridgehead atoms. The molecule has 1 aromatic heterocycles. The standard InChI is InChI=1S/C23H35N7O2.HI/c1-16(2)22(31)30-12-10-19(11-13-30)26-23(25-15-21-28-27-17(3)29(21)4)24-14-18-6-8-20(32-5)9-7-18;/h6-9,16,19H,10-15H2,1-5H3,(H2,24,25,26);1H. The molecule has 1 fully saturated rings. The Morgan fingerprint density at radius 1 is 1.21 bits per heavy atom. The van der Waals surface area contributed by atoms with E-state index in [0.29, 0.717) is 13.1 Å². The van der Waals surface area contributed by atoms with Crippen LogP contribution in [0.15, 0.2) is 29.3 Å². The number of carbonyl (C=O) groups excluding carboxylic acids is 1. The first-order valence-corrected chi connectivity index (χ1v) is 11.2. The number of carbonyl (C=O) groups is 1. The molecule has 1 aromatic carbocycles. The number of benzene rings is 1. The van der Waals surface area contributed by atoms with E-state index in [4.69, 9.17) is 9.73 Å². The number of hydrogen-bond donors (Lipinski definition) is 2. The van der Waals surface area contributed by atoms with Crippen LogP contribution in [-0.2, 0) is 24.9 Å². The fraction of sp³-hybridized carbons (Fsp3) is 0.565. The van der Waals surface area contributed by atoms with Crippen molar-refractivity contribution < 1.29 is 9.53 Å². The van der Waals surface area contributed by atoms with Gasteiger partial charge in [0.25, 0.3) is 0 Å². The Hall–Kier alpha value is -2.37. The van der Waals surface area contributed by atoms with Crippen LogP contribution in [0.25, 0.3) is 0 Å². The zero-order chi connectivity index (χ0) is 23.1. The first kappa shape index (κ1) is 26.9. The number of likely N-dealkylation sites (tertiary alicyclic amines) is 1. The molecule has 3 rings (SSSR count). The zero-order valence-corrected chi connectivity index (χ0v) is 22.5. The average Bonchev–Trinajstić information content (AvgIpc) is 3.13. The molecule has 0 radical (unpaired) electrons. The minimum atomic E-state index is 0. The molecule has 1 aliphatic heterocycles. The molecule has 0 unspecified atom stereocenters. The minimum Gasteiger partial charge on any atom is -0.497 e. The van der Waals surface area contributed by atoms with Crippen LogP contribution in [-0.4, -0.2) is 57.8 Å². The molecule has 0 atom stereocenters. The number of guanidine groups is 1. The Morgan fingerprint density at radius 2 is 1.88 bits per heavy atom. The molecule has 33 heavy (non-hydrogen) atoms. The van der Waals surface area contributed by atoms with E-state index in [1.807, 2.05) is 61.6 Å². The summed E-state index contributed by atoms with van der Waals surface area (Å²) in [6, 6.07) is 8.17. The lowest BCUT2D eigenvalue weighted by Crippen LogP contribution is -2.50. The Labute approximate surface area is 213 Å². The fourth-order valence-electron chi connectivity index (χ4n) is 3.62. The highest BCUT2D eigenvalue weighted by Gasteiger charge is 2.24. The fourth-order valence-corrected chi connectivity index (χ4v) is 3.62. The molecule has 0 spiro atoms. The largest absolute Gasteiger partial charge is 0.497 e. The molecule has 182 valence electrons. The highest BCUT2D eigenvalue weighted by Crippen LogP contribution is 2.14. The maximum absolute atomic E-state index is 12.3. The van der Waals surface area contributed by atoms with Gasteiger partial charge in [-0.05, 0) is 37.5 Å². The second kappa shape index (κ2) is 12.8. The van der Waals surface area contributed by atoms with Crippen molar-refractivity contribution in [2.75, 3.05) is 20.2 Å². The third-order valence-electron chi connectivity index (χ3n) is 5.82. The van der Waals surface area contributed by atoms with Gasteiger partial charge in [0, 0.05) is 32.1 Å². The monoisotopic (exact) mass is 569 g/mol. The molecule has 10 heteroatoms. The van der Waals surface area contributed by atoms with Gasteiger partial charge in [0.1, 0.15) is 11.6 Å². The number of halogens is 1. The number of hydrogen-bond acceptors (Lipinski definition) is 5. The van der Waals surface area contributed by atoms with Crippen molar-refractivity contribution in [2.24, 2.45) is 18.0 Å². The summed E-state index contributed by atoms with van der Waals surface area (Å²) in [5.41, 5.74) is 1.10. The molecule has 2 N–H and O–H groups in total. The number of aromatic nitrogens is 3. The third-order valence-corrected chi connectivity index (χ3v) is 5.82. The van der Waals surface area contributed by atoms with Crippen LogP contribution in [0.4, 0.5) is 0 Å². The van der Waals surface area contributed by atoms with E-state index in [1.54, 1.807) is 7.11 Å². The van der Waals surface area contributed by atoms with Crippen molar-refractivity contribution in [1.82, 2.24) is 30.3 Å². The van der Waals surface area contributed by atoms with E-state index in [0.717, 1.165) is 54.9 Å². The molecule has 9 nitrogen and oxygen atoms in total. The van der Waals surface area contributed by atoms with Gasteiger partial charge in [0.15, 0.2) is 11.8 Å². The van der Waals surface area contributed by atoms with Crippen LogP contribution in [0.3, 0.4) is 0 Å². The predicted octanol–water partition coefficient (Wildman–Crippen LogP) is 2.63. The van der Waals surface area contributed by atoms with Gasteiger partial charge < -0.3 is 24.8 Å². The number of methoxy groups -OCH3 is 1. The van der Waals surface area contributed by atoms with Gasteiger partial charge in [-0.1, -0.05) is 26.0 Å². The molecule has 1 aliphatic rings.